The average molecular weight is 231 g/mol. The summed E-state index contributed by atoms with van der Waals surface area (Å²) in [5, 5.41) is 9.51. The SMILES string of the molecule is O=C(N1CCC(O)C1)C1(c2ccccc2)CC1. The minimum atomic E-state index is -0.328. The van der Waals surface area contributed by atoms with Crippen LogP contribution in [0.4, 0.5) is 0 Å². The standard InChI is InChI=1S/C14H17NO2/c16-12-6-9-15(10-12)13(17)14(7-8-14)11-4-2-1-3-5-11/h1-5,12,16H,6-10H2. The molecule has 3 heteroatoms. The van der Waals surface area contributed by atoms with E-state index in [9.17, 15) is 9.90 Å². The fourth-order valence-electron chi connectivity index (χ4n) is 2.74. The van der Waals surface area contributed by atoms with Gasteiger partial charge in [-0.1, -0.05) is 30.3 Å². The molecule has 1 aliphatic heterocycles. The van der Waals surface area contributed by atoms with Crippen LogP contribution in [0, 0.1) is 0 Å². The molecule has 1 atom stereocenters. The highest BCUT2D eigenvalue weighted by Gasteiger charge is 2.53. The third-order valence-corrected chi connectivity index (χ3v) is 3.94. The third-order valence-electron chi connectivity index (χ3n) is 3.94. The second kappa shape index (κ2) is 3.84. The molecule has 0 radical (unpaired) electrons. The van der Waals surface area contributed by atoms with Gasteiger partial charge in [-0.2, -0.15) is 0 Å². The Labute approximate surface area is 101 Å². The van der Waals surface area contributed by atoms with Crippen LogP contribution in [-0.4, -0.2) is 35.1 Å². The molecule has 1 heterocycles. The van der Waals surface area contributed by atoms with Gasteiger partial charge in [0.1, 0.15) is 0 Å². The zero-order valence-electron chi connectivity index (χ0n) is 9.80. The number of aliphatic hydroxyl groups is 1. The number of β-amino-alcohol motifs (C(OH)–C–C–N with tert-alkyl or cyclic N) is 1. The van der Waals surface area contributed by atoms with Crippen molar-refractivity contribution >= 4 is 5.91 Å². The molecule has 90 valence electrons. The zero-order chi connectivity index (χ0) is 11.9. The first kappa shape index (κ1) is 10.8. The van der Waals surface area contributed by atoms with Gasteiger partial charge in [-0.25, -0.2) is 0 Å². The van der Waals surface area contributed by atoms with E-state index in [-0.39, 0.29) is 17.4 Å². The summed E-state index contributed by atoms with van der Waals surface area (Å²) >= 11 is 0. The van der Waals surface area contributed by atoms with Crippen LogP contribution in [0.15, 0.2) is 30.3 Å². The fourth-order valence-corrected chi connectivity index (χ4v) is 2.74. The van der Waals surface area contributed by atoms with Crippen LogP contribution in [0.3, 0.4) is 0 Å². The van der Waals surface area contributed by atoms with Crippen LogP contribution in [0.25, 0.3) is 0 Å². The molecule has 1 aromatic rings. The predicted molar refractivity (Wildman–Crippen MR) is 64.6 cm³/mol. The number of aliphatic hydroxyl groups excluding tert-OH is 1. The van der Waals surface area contributed by atoms with E-state index in [0.29, 0.717) is 13.1 Å². The summed E-state index contributed by atoms with van der Waals surface area (Å²) < 4.78 is 0. The quantitative estimate of drug-likeness (QED) is 0.833. The van der Waals surface area contributed by atoms with Gasteiger partial charge in [0.15, 0.2) is 0 Å². The summed E-state index contributed by atoms with van der Waals surface area (Å²) in [6.45, 7) is 1.21. The lowest BCUT2D eigenvalue weighted by Crippen LogP contribution is -2.38. The molecule has 1 unspecified atom stereocenters. The summed E-state index contributed by atoms with van der Waals surface area (Å²) in [4.78, 5) is 14.3. The highest BCUT2D eigenvalue weighted by molar-refractivity contribution is 5.91. The number of likely N-dealkylation sites (tertiary alicyclic amines) is 1. The van der Waals surface area contributed by atoms with Crippen molar-refractivity contribution in [3.05, 3.63) is 35.9 Å². The summed E-state index contributed by atoms with van der Waals surface area (Å²) in [5.41, 5.74) is 0.858. The van der Waals surface area contributed by atoms with Crippen LogP contribution < -0.4 is 0 Å². The van der Waals surface area contributed by atoms with E-state index in [1.807, 2.05) is 35.2 Å². The molecular formula is C14H17NO2. The number of rotatable bonds is 2. The van der Waals surface area contributed by atoms with Crippen LogP contribution in [0.1, 0.15) is 24.8 Å². The van der Waals surface area contributed by atoms with Crippen molar-refractivity contribution in [1.82, 2.24) is 4.90 Å². The Hall–Kier alpha value is -1.35. The van der Waals surface area contributed by atoms with Gasteiger partial charge < -0.3 is 10.0 Å². The average Bonchev–Trinajstić information content (AvgIpc) is 3.07. The number of hydrogen-bond donors (Lipinski definition) is 1. The lowest BCUT2D eigenvalue weighted by Gasteiger charge is -2.23. The Kier molecular flexibility index (Phi) is 2.44. The van der Waals surface area contributed by atoms with Crippen molar-refractivity contribution in [2.75, 3.05) is 13.1 Å². The van der Waals surface area contributed by atoms with Crippen LogP contribution >= 0.6 is 0 Å². The van der Waals surface area contributed by atoms with Crippen LogP contribution in [0.2, 0.25) is 0 Å². The highest BCUT2D eigenvalue weighted by atomic mass is 16.3. The van der Waals surface area contributed by atoms with Gasteiger partial charge in [-0.05, 0) is 24.8 Å². The van der Waals surface area contributed by atoms with E-state index >= 15 is 0 Å². The van der Waals surface area contributed by atoms with Crippen LogP contribution in [0.5, 0.6) is 0 Å². The fraction of sp³-hybridized carbons (Fsp3) is 0.500. The van der Waals surface area contributed by atoms with Gasteiger partial charge in [0.2, 0.25) is 5.91 Å². The molecule has 0 aromatic heterocycles. The van der Waals surface area contributed by atoms with Crippen molar-refractivity contribution in [1.29, 1.82) is 0 Å². The normalized spacial score (nSPS) is 25.9. The molecule has 1 saturated carbocycles. The van der Waals surface area contributed by atoms with Gasteiger partial charge >= 0.3 is 0 Å². The Balaban J connectivity index is 1.82. The van der Waals surface area contributed by atoms with Crippen molar-refractivity contribution in [3.8, 4) is 0 Å². The number of amides is 1. The monoisotopic (exact) mass is 231 g/mol. The molecule has 2 fully saturated rings. The largest absolute Gasteiger partial charge is 0.391 e. The maximum absolute atomic E-state index is 12.5. The van der Waals surface area contributed by atoms with Crippen molar-refractivity contribution in [2.45, 2.75) is 30.8 Å². The summed E-state index contributed by atoms with van der Waals surface area (Å²) in [5.74, 6) is 0.209. The van der Waals surface area contributed by atoms with Gasteiger partial charge in [0.05, 0.1) is 11.5 Å². The molecule has 1 amide bonds. The molecule has 0 spiro atoms. The third kappa shape index (κ3) is 1.75. The Morgan fingerprint density at radius 2 is 2.00 bits per heavy atom. The highest BCUT2D eigenvalue weighted by Crippen LogP contribution is 2.49. The maximum Gasteiger partial charge on any atom is 0.233 e. The number of carbonyl (C=O) groups is 1. The first-order valence-electron chi connectivity index (χ1n) is 6.25. The second-order valence-corrected chi connectivity index (χ2v) is 5.14. The minimum absolute atomic E-state index is 0.209. The second-order valence-electron chi connectivity index (χ2n) is 5.14. The van der Waals surface area contributed by atoms with Crippen molar-refractivity contribution in [2.24, 2.45) is 0 Å². The van der Waals surface area contributed by atoms with Gasteiger partial charge in [-0.3, -0.25) is 4.79 Å². The first-order valence-corrected chi connectivity index (χ1v) is 6.25. The molecule has 3 rings (SSSR count). The van der Waals surface area contributed by atoms with E-state index in [2.05, 4.69) is 0 Å². The molecule has 3 nitrogen and oxygen atoms in total. The summed E-state index contributed by atoms with van der Waals surface area (Å²) in [7, 11) is 0. The lowest BCUT2D eigenvalue weighted by atomic mass is 9.94. The minimum Gasteiger partial charge on any atom is -0.391 e. The zero-order valence-corrected chi connectivity index (χ0v) is 9.80. The van der Waals surface area contributed by atoms with Crippen molar-refractivity contribution < 1.29 is 9.90 Å². The molecule has 17 heavy (non-hydrogen) atoms. The molecular weight excluding hydrogens is 214 g/mol. The summed E-state index contributed by atoms with van der Waals surface area (Å²) in [6.07, 6.45) is 2.28. The molecule has 1 aliphatic carbocycles. The molecule has 2 aliphatic rings. The number of carbonyl (C=O) groups excluding carboxylic acids is 1. The molecule has 1 saturated heterocycles. The molecule has 1 N–H and O–H groups in total. The number of nitrogens with zero attached hydrogens (tertiary/aromatic N) is 1. The molecule has 1 aromatic carbocycles. The van der Waals surface area contributed by atoms with Gasteiger partial charge in [0, 0.05) is 13.1 Å². The maximum atomic E-state index is 12.5. The van der Waals surface area contributed by atoms with Gasteiger partial charge in [-0.15, -0.1) is 0 Å². The molecule has 0 bridgehead atoms. The van der Waals surface area contributed by atoms with Crippen LogP contribution in [-0.2, 0) is 10.2 Å². The Morgan fingerprint density at radius 3 is 2.53 bits per heavy atom. The smallest absolute Gasteiger partial charge is 0.233 e. The predicted octanol–water partition coefficient (Wildman–Crippen LogP) is 1.31. The first-order chi connectivity index (χ1) is 8.22. The van der Waals surface area contributed by atoms with E-state index in [0.717, 1.165) is 24.8 Å². The van der Waals surface area contributed by atoms with E-state index in [1.165, 1.54) is 0 Å². The summed E-state index contributed by atoms with van der Waals surface area (Å²) in [6, 6.07) is 10.0. The Morgan fingerprint density at radius 1 is 1.29 bits per heavy atom. The van der Waals surface area contributed by atoms with E-state index in [4.69, 9.17) is 0 Å². The Bertz CT molecular complexity index is 425. The van der Waals surface area contributed by atoms with E-state index in [1.54, 1.807) is 0 Å². The van der Waals surface area contributed by atoms with E-state index < -0.39 is 0 Å². The number of benzene rings is 1. The lowest BCUT2D eigenvalue weighted by molar-refractivity contribution is -0.133. The van der Waals surface area contributed by atoms with Crippen molar-refractivity contribution in [3.63, 3.8) is 0 Å². The number of hydrogen-bond acceptors (Lipinski definition) is 2. The van der Waals surface area contributed by atoms with Gasteiger partial charge in [0.25, 0.3) is 0 Å². The topological polar surface area (TPSA) is 40.5 Å².